The highest BCUT2D eigenvalue weighted by Gasteiger charge is 2.35. The molecule has 2 amide bonds. The summed E-state index contributed by atoms with van der Waals surface area (Å²) in [6.45, 7) is 3.95. The quantitative estimate of drug-likeness (QED) is 0.913. The van der Waals surface area contributed by atoms with Gasteiger partial charge in [-0.25, -0.2) is 4.79 Å². The molecule has 0 radical (unpaired) electrons. The molecule has 1 aromatic heterocycles. The molecule has 3 rings (SSSR count). The standard InChI is InChI=1S/C16H23F3N4O/c1-15(6-2-7-15)11-20-14(24)22-8-3-12(4-9-22)23-10-5-13(21-23)16(17,18)19/h5,10,12H,2-4,6-9,11H2,1H3,(H,20,24). The zero-order valence-electron chi connectivity index (χ0n) is 13.8. The molecule has 2 heterocycles. The summed E-state index contributed by atoms with van der Waals surface area (Å²) in [5, 5.41) is 6.62. The highest BCUT2D eigenvalue weighted by atomic mass is 19.4. The predicted molar refractivity (Wildman–Crippen MR) is 82.4 cm³/mol. The second-order valence-electron chi connectivity index (χ2n) is 7.22. The van der Waals surface area contributed by atoms with Crippen LogP contribution in [0.2, 0.25) is 0 Å². The summed E-state index contributed by atoms with van der Waals surface area (Å²) in [5.74, 6) is 0. The number of amides is 2. The number of hydrogen-bond donors (Lipinski definition) is 1. The van der Waals surface area contributed by atoms with E-state index in [-0.39, 0.29) is 17.5 Å². The Morgan fingerprint density at radius 3 is 2.54 bits per heavy atom. The minimum atomic E-state index is -4.41. The molecule has 24 heavy (non-hydrogen) atoms. The molecule has 2 fully saturated rings. The van der Waals surface area contributed by atoms with Crippen molar-refractivity contribution in [2.24, 2.45) is 5.41 Å². The molecule has 0 bridgehead atoms. The van der Waals surface area contributed by atoms with Gasteiger partial charge < -0.3 is 10.2 Å². The van der Waals surface area contributed by atoms with Crippen molar-refractivity contribution in [3.63, 3.8) is 0 Å². The van der Waals surface area contributed by atoms with Gasteiger partial charge in [-0.15, -0.1) is 0 Å². The Kier molecular flexibility index (Phi) is 4.48. The molecule has 1 aliphatic heterocycles. The van der Waals surface area contributed by atoms with E-state index in [0.717, 1.165) is 18.9 Å². The van der Waals surface area contributed by atoms with Crippen molar-refractivity contribution in [1.82, 2.24) is 20.0 Å². The first-order valence-electron chi connectivity index (χ1n) is 8.42. The third kappa shape index (κ3) is 3.67. The van der Waals surface area contributed by atoms with Crippen molar-refractivity contribution in [2.45, 2.75) is 51.2 Å². The van der Waals surface area contributed by atoms with Crippen molar-refractivity contribution < 1.29 is 18.0 Å². The van der Waals surface area contributed by atoms with Gasteiger partial charge >= 0.3 is 12.2 Å². The van der Waals surface area contributed by atoms with E-state index in [4.69, 9.17) is 0 Å². The number of rotatable bonds is 3. The van der Waals surface area contributed by atoms with E-state index in [1.54, 1.807) is 4.90 Å². The Balaban J connectivity index is 1.48. The molecule has 1 N–H and O–H groups in total. The molecule has 1 aliphatic carbocycles. The van der Waals surface area contributed by atoms with E-state index < -0.39 is 11.9 Å². The third-order valence-corrected chi connectivity index (χ3v) is 5.25. The lowest BCUT2D eigenvalue weighted by Gasteiger charge is -2.39. The Morgan fingerprint density at radius 1 is 1.38 bits per heavy atom. The first-order valence-corrected chi connectivity index (χ1v) is 8.42. The highest BCUT2D eigenvalue weighted by molar-refractivity contribution is 5.74. The van der Waals surface area contributed by atoms with Crippen LogP contribution < -0.4 is 5.32 Å². The minimum absolute atomic E-state index is 0.0713. The molecule has 0 aromatic carbocycles. The highest BCUT2D eigenvalue weighted by Crippen LogP contribution is 2.39. The van der Waals surface area contributed by atoms with Gasteiger partial charge in [0.25, 0.3) is 0 Å². The van der Waals surface area contributed by atoms with Crippen LogP contribution in [0, 0.1) is 5.41 Å². The first kappa shape index (κ1) is 17.1. The van der Waals surface area contributed by atoms with Crippen molar-refractivity contribution in [2.75, 3.05) is 19.6 Å². The zero-order chi connectivity index (χ0) is 17.4. The van der Waals surface area contributed by atoms with Crippen LogP contribution in [0.15, 0.2) is 12.3 Å². The number of carbonyl (C=O) groups is 1. The van der Waals surface area contributed by atoms with Crippen LogP contribution in [0.5, 0.6) is 0 Å². The summed E-state index contributed by atoms with van der Waals surface area (Å²) < 4.78 is 39.2. The number of carbonyl (C=O) groups excluding carboxylic acids is 1. The minimum Gasteiger partial charge on any atom is -0.337 e. The van der Waals surface area contributed by atoms with E-state index in [1.165, 1.54) is 17.3 Å². The van der Waals surface area contributed by atoms with Crippen LogP contribution >= 0.6 is 0 Å². The molecule has 8 heteroatoms. The van der Waals surface area contributed by atoms with Gasteiger partial charge in [0.15, 0.2) is 5.69 Å². The van der Waals surface area contributed by atoms with Gasteiger partial charge in [-0.05, 0) is 37.2 Å². The summed E-state index contributed by atoms with van der Waals surface area (Å²) in [6, 6.07) is 0.839. The number of nitrogens with one attached hydrogen (secondary N) is 1. The normalized spacial score (nSPS) is 21.4. The van der Waals surface area contributed by atoms with Gasteiger partial charge in [0.05, 0.1) is 6.04 Å². The average molecular weight is 344 g/mol. The van der Waals surface area contributed by atoms with Crippen LogP contribution in [0.1, 0.15) is 50.8 Å². The second-order valence-corrected chi connectivity index (χ2v) is 7.22. The zero-order valence-corrected chi connectivity index (χ0v) is 13.8. The molecule has 134 valence electrons. The Bertz CT molecular complexity index is 586. The fourth-order valence-corrected chi connectivity index (χ4v) is 3.38. The average Bonchev–Trinajstić information content (AvgIpc) is 3.01. The van der Waals surface area contributed by atoms with Crippen molar-refractivity contribution >= 4 is 6.03 Å². The molecule has 1 saturated carbocycles. The fraction of sp³-hybridized carbons (Fsp3) is 0.750. The predicted octanol–water partition coefficient (Wildman–Crippen LogP) is 3.44. The summed E-state index contributed by atoms with van der Waals surface area (Å²) in [5.41, 5.74) is -0.631. The summed E-state index contributed by atoms with van der Waals surface area (Å²) in [6.07, 6.45) is 1.71. The van der Waals surface area contributed by atoms with Gasteiger partial charge in [-0.2, -0.15) is 18.3 Å². The number of nitrogens with zero attached hydrogens (tertiary/aromatic N) is 3. The van der Waals surface area contributed by atoms with Gasteiger partial charge in [-0.1, -0.05) is 13.3 Å². The van der Waals surface area contributed by atoms with Crippen LogP contribution in [-0.2, 0) is 6.18 Å². The van der Waals surface area contributed by atoms with Crippen LogP contribution in [0.4, 0.5) is 18.0 Å². The van der Waals surface area contributed by atoms with E-state index in [0.29, 0.717) is 32.5 Å². The van der Waals surface area contributed by atoms with E-state index in [1.807, 2.05) is 0 Å². The topological polar surface area (TPSA) is 50.2 Å². The number of aromatic nitrogens is 2. The lowest BCUT2D eigenvalue weighted by atomic mass is 9.70. The monoisotopic (exact) mass is 344 g/mol. The lowest BCUT2D eigenvalue weighted by molar-refractivity contribution is -0.141. The van der Waals surface area contributed by atoms with E-state index >= 15 is 0 Å². The third-order valence-electron chi connectivity index (χ3n) is 5.25. The van der Waals surface area contributed by atoms with Crippen molar-refractivity contribution in [1.29, 1.82) is 0 Å². The molecule has 0 unspecified atom stereocenters. The maximum Gasteiger partial charge on any atom is 0.435 e. The number of halogens is 3. The van der Waals surface area contributed by atoms with Crippen LogP contribution in [-0.4, -0.2) is 40.3 Å². The molecule has 1 aromatic rings. The molecule has 0 spiro atoms. The number of piperidine rings is 1. The Morgan fingerprint density at radius 2 is 2.04 bits per heavy atom. The second kappa shape index (κ2) is 6.29. The van der Waals surface area contributed by atoms with Gasteiger partial charge in [0, 0.05) is 25.8 Å². The van der Waals surface area contributed by atoms with Crippen molar-refractivity contribution in [3.8, 4) is 0 Å². The number of likely N-dealkylation sites (tertiary alicyclic amines) is 1. The summed E-state index contributed by atoms with van der Waals surface area (Å²) in [7, 11) is 0. The maximum atomic E-state index is 12.6. The number of urea groups is 1. The molecule has 1 saturated heterocycles. The molecular weight excluding hydrogens is 321 g/mol. The number of alkyl halides is 3. The van der Waals surface area contributed by atoms with Crippen LogP contribution in [0.3, 0.4) is 0 Å². The Labute approximate surface area is 139 Å². The van der Waals surface area contributed by atoms with Gasteiger partial charge in [-0.3, -0.25) is 4.68 Å². The largest absolute Gasteiger partial charge is 0.435 e. The molecule has 5 nitrogen and oxygen atoms in total. The summed E-state index contributed by atoms with van der Waals surface area (Å²) >= 11 is 0. The smallest absolute Gasteiger partial charge is 0.337 e. The summed E-state index contributed by atoms with van der Waals surface area (Å²) in [4.78, 5) is 13.9. The fourth-order valence-electron chi connectivity index (χ4n) is 3.38. The van der Waals surface area contributed by atoms with E-state index in [9.17, 15) is 18.0 Å². The van der Waals surface area contributed by atoms with Gasteiger partial charge in [0.1, 0.15) is 0 Å². The SMILES string of the molecule is CC1(CNC(=O)N2CCC(n3ccc(C(F)(F)F)n3)CC2)CCC1. The van der Waals surface area contributed by atoms with Crippen molar-refractivity contribution in [3.05, 3.63) is 18.0 Å². The number of hydrogen-bond acceptors (Lipinski definition) is 2. The van der Waals surface area contributed by atoms with E-state index in [2.05, 4.69) is 17.3 Å². The van der Waals surface area contributed by atoms with Gasteiger partial charge in [0.2, 0.25) is 0 Å². The molecule has 2 aliphatic rings. The van der Waals surface area contributed by atoms with Crippen LogP contribution in [0.25, 0.3) is 0 Å². The lowest BCUT2D eigenvalue weighted by Crippen LogP contribution is -2.48. The first-order chi connectivity index (χ1) is 11.3. The Hall–Kier alpha value is -1.73. The maximum absolute atomic E-state index is 12.6. The molecule has 0 atom stereocenters. The molecular formula is C16H23F3N4O.